The number of rotatable bonds is 4. The molecular formula is C11H17BrN2. The van der Waals surface area contributed by atoms with Gasteiger partial charge in [-0.3, -0.25) is 0 Å². The Kier molecular flexibility index (Phi) is 4.58. The van der Waals surface area contributed by atoms with E-state index in [1.807, 2.05) is 0 Å². The van der Waals surface area contributed by atoms with Gasteiger partial charge in [0, 0.05) is 10.5 Å². The SMILES string of the molecule is Cc1ccc([C@H](N)CCCN)c(Br)c1. The van der Waals surface area contributed by atoms with Crippen LogP contribution in [-0.2, 0) is 0 Å². The largest absolute Gasteiger partial charge is 0.330 e. The van der Waals surface area contributed by atoms with Crippen molar-refractivity contribution in [2.45, 2.75) is 25.8 Å². The summed E-state index contributed by atoms with van der Waals surface area (Å²) < 4.78 is 1.10. The molecule has 0 heterocycles. The quantitative estimate of drug-likeness (QED) is 0.870. The van der Waals surface area contributed by atoms with Crippen LogP contribution in [0, 0.1) is 6.92 Å². The van der Waals surface area contributed by atoms with Crippen LogP contribution >= 0.6 is 15.9 Å². The number of hydrogen-bond donors (Lipinski definition) is 2. The zero-order valence-corrected chi connectivity index (χ0v) is 10.0. The lowest BCUT2D eigenvalue weighted by Gasteiger charge is -2.13. The van der Waals surface area contributed by atoms with Gasteiger partial charge >= 0.3 is 0 Å². The molecule has 1 aromatic carbocycles. The van der Waals surface area contributed by atoms with E-state index in [9.17, 15) is 0 Å². The molecule has 0 unspecified atom stereocenters. The molecule has 0 aliphatic heterocycles. The summed E-state index contributed by atoms with van der Waals surface area (Å²) in [5.41, 5.74) is 13.9. The fraction of sp³-hybridized carbons (Fsp3) is 0.455. The number of nitrogens with two attached hydrogens (primary N) is 2. The van der Waals surface area contributed by atoms with Crippen molar-refractivity contribution in [2.75, 3.05) is 6.54 Å². The van der Waals surface area contributed by atoms with E-state index >= 15 is 0 Å². The molecule has 2 nitrogen and oxygen atoms in total. The van der Waals surface area contributed by atoms with Crippen LogP contribution in [-0.4, -0.2) is 6.54 Å². The second-order valence-electron chi connectivity index (χ2n) is 3.56. The van der Waals surface area contributed by atoms with Gasteiger partial charge in [-0.25, -0.2) is 0 Å². The zero-order valence-electron chi connectivity index (χ0n) is 8.46. The summed E-state index contributed by atoms with van der Waals surface area (Å²) in [5, 5.41) is 0. The van der Waals surface area contributed by atoms with Crippen LogP contribution in [0.2, 0.25) is 0 Å². The molecule has 0 aliphatic rings. The molecule has 3 heteroatoms. The fourth-order valence-corrected chi connectivity index (χ4v) is 2.21. The van der Waals surface area contributed by atoms with Gasteiger partial charge in [-0.2, -0.15) is 0 Å². The van der Waals surface area contributed by atoms with Crippen LogP contribution < -0.4 is 11.5 Å². The molecule has 0 saturated carbocycles. The molecular weight excluding hydrogens is 240 g/mol. The lowest BCUT2D eigenvalue weighted by Crippen LogP contribution is -2.13. The van der Waals surface area contributed by atoms with Gasteiger partial charge in [0.05, 0.1) is 0 Å². The molecule has 0 spiro atoms. The third kappa shape index (κ3) is 3.08. The van der Waals surface area contributed by atoms with Crippen LogP contribution in [0.1, 0.15) is 30.0 Å². The number of aryl methyl sites for hydroxylation is 1. The first-order valence-electron chi connectivity index (χ1n) is 4.87. The summed E-state index contributed by atoms with van der Waals surface area (Å²) in [6.07, 6.45) is 1.92. The van der Waals surface area contributed by atoms with Crippen molar-refractivity contribution in [3.05, 3.63) is 33.8 Å². The van der Waals surface area contributed by atoms with Crippen molar-refractivity contribution >= 4 is 15.9 Å². The van der Waals surface area contributed by atoms with Crippen molar-refractivity contribution in [2.24, 2.45) is 11.5 Å². The van der Waals surface area contributed by atoms with Gasteiger partial charge in [-0.15, -0.1) is 0 Å². The second-order valence-corrected chi connectivity index (χ2v) is 4.42. The third-order valence-corrected chi connectivity index (χ3v) is 2.96. The maximum atomic E-state index is 6.05. The molecule has 0 radical (unpaired) electrons. The molecule has 78 valence electrons. The highest BCUT2D eigenvalue weighted by Crippen LogP contribution is 2.25. The molecule has 0 fully saturated rings. The molecule has 0 amide bonds. The first kappa shape index (κ1) is 11.7. The average Bonchev–Trinajstić information content (AvgIpc) is 2.14. The van der Waals surface area contributed by atoms with E-state index < -0.39 is 0 Å². The Morgan fingerprint density at radius 2 is 2.14 bits per heavy atom. The van der Waals surface area contributed by atoms with E-state index in [1.54, 1.807) is 0 Å². The monoisotopic (exact) mass is 256 g/mol. The average molecular weight is 257 g/mol. The first-order valence-corrected chi connectivity index (χ1v) is 5.66. The Morgan fingerprint density at radius 3 is 2.71 bits per heavy atom. The van der Waals surface area contributed by atoms with E-state index in [0.29, 0.717) is 6.54 Å². The van der Waals surface area contributed by atoms with Crippen LogP contribution in [0.25, 0.3) is 0 Å². The molecule has 1 aromatic rings. The van der Waals surface area contributed by atoms with Gasteiger partial charge in [0.1, 0.15) is 0 Å². The maximum absolute atomic E-state index is 6.05. The third-order valence-electron chi connectivity index (χ3n) is 2.27. The Balaban J connectivity index is 2.74. The summed E-state index contributed by atoms with van der Waals surface area (Å²) >= 11 is 3.53. The normalized spacial score (nSPS) is 12.9. The minimum absolute atomic E-state index is 0.0912. The van der Waals surface area contributed by atoms with Crippen molar-refractivity contribution in [1.29, 1.82) is 0 Å². The van der Waals surface area contributed by atoms with Gasteiger partial charge in [-0.1, -0.05) is 28.1 Å². The van der Waals surface area contributed by atoms with Crippen LogP contribution in [0.3, 0.4) is 0 Å². The van der Waals surface area contributed by atoms with E-state index in [0.717, 1.165) is 17.3 Å². The minimum atomic E-state index is 0.0912. The van der Waals surface area contributed by atoms with Gasteiger partial charge in [0.2, 0.25) is 0 Å². The Labute approximate surface area is 93.8 Å². The topological polar surface area (TPSA) is 52.0 Å². The van der Waals surface area contributed by atoms with E-state index in [4.69, 9.17) is 11.5 Å². The lowest BCUT2D eigenvalue weighted by atomic mass is 10.0. The van der Waals surface area contributed by atoms with E-state index in [1.165, 1.54) is 11.1 Å². The van der Waals surface area contributed by atoms with Gasteiger partial charge in [0.15, 0.2) is 0 Å². The Bertz CT molecular complexity index is 299. The molecule has 1 rings (SSSR count). The molecule has 0 aromatic heterocycles. The van der Waals surface area contributed by atoms with E-state index in [2.05, 4.69) is 41.1 Å². The lowest BCUT2D eigenvalue weighted by molar-refractivity contribution is 0.616. The molecule has 4 N–H and O–H groups in total. The second kappa shape index (κ2) is 5.49. The summed E-state index contributed by atoms with van der Waals surface area (Å²) in [5.74, 6) is 0. The van der Waals surface area contributed by atoms with Crippen LogP contribution in [0.15, 0.2) is 22.7 Å². The standard InChI is InChI=1S/C11H17BrN2/c1-8-4-5-9(10(12)7-8)11(14)3-2-6-13/h4-5,7,11H,2-3,6,13-14H2,1H3/t11-/m1/s1. The van der Waals surface area contributed by atoms with Gasteiger partial charge < -0.3 is 11.5 Å². The summed E-state index contributed by atoms with van der Waals surface area (Å²) in [7, 11) is 0. The molecule has 14 heavy (non-hydrogen) atoms. The zero-order chi connectivity index (χ0) is 10.6. The minimum Gasteiger partial charge on any atom is -0.330 e. The molecule has 0 aliphatic carbocycles. The summed E-state index contributed by atoms with van der Waals surface area (Å²) in [6.45, 7) is 2.77. The first-order chi connectivity index (χ1) is 6.65. The van der Waals surface area contributed by atoms with Crippen LogP contribution in [0.4, 0.5) is 0 Å². The number of halogens is 1. The molecule has 1 atom stereocenters. The fourth-order valence-electron chi connectivity index (χ4n) is 1.43. The van der Waals surface area contributed by atoms with Gasteiger partial charge in [0.25, 0.3) is 0 Å². The van der Waals surface area contributed by atoms with Crippen molar-refractivity contribution in [1.82, 2.24) is 0 Å². The predicted octanol–water partition coefficient (Wildman–Crippen LogP) is 2.50. The molecule has 0 bridgehead atoms. The number of hydrogen-bond acceptors (Lipinski definition) is 2. The van der Waals surface area contributed by atoms with E-state index in [-0.39, 0.29) is 6.04 Å². The van der Waals surface area contributed by atoms with Crippen molar-refractivity contribution in [3.63, 3.8) is 0 Å². The highest BCUT2D eigenvalue weighted by atomic mass is 79.9. The van der Waals surface area contributed by atoms with Crippen molar-refractivity contribution < 1.29 is 0 Å². The Morgan fingerprint density at radius 1 is 1.43 bits per heavy atom. The van der Waals surface area contributed by atoms with Crippen molar-refractivity contribution in [3.8, 4) is 0 Å². The predicted molar refractivity (Wildman–Crippen MR) is 64.1 cm³/mol. The Hall–Kier alpha value is -0.380. The van der Waals surface area contributed by atoms with Crippen LogP contribution in [0.5, 0.6) is 0 Å². The summed E-state index contributed by atoms with van der Waals surface area (Å²) in [6, 6.07) is 6.36. The summed E-state index contributed by atoms with van der Waals surface area (Å²) in [4.78, 5) is 0. The highest BCUT2D eigenvalue weighted by Gasteiger charge is 2.08. The maximum Gasteiger partial charge on any atom is 0.0306 e. The highest BCUT2D eigenvalue weighted by molar-refractivity contribution is 9.10. The smallest absolute Gasteiger partial charge is 0.0306 e. The number of benzene rings is 1. The van der Waals surface area contributed by atoms with Gasteiger partial charge in [-0.05, 0) is 43.5 Å². The molecule has 0 saturated heterocycles.